The molecule has 19 heavy (non-hydrogen) atoms. The maximum absolute atomic E-state index is 11.3. The van der Waals surface area contributed by atoms with Crippen molar-refractivity contribution in [2.45, 2.75) is 19.4 Å². The first-order valence-corrected chi connectivity index (χ1v) is 6.50. The molecule has 0 saturated carbocycles. The molecule has 0 bridgehead atoms. The van der Waals surface area contributed by atoms with E-state index < -0.39 is 5.91 Å². The molecule has 104 valence electrons. The average Bonchev–Trinajstić information content (AvgIpc) is 2.40. The minimum absolute atomic E-state index is 0.186. The molecule has 2 atom stereocenters. The van der Waals surface area contributed by atoms with Crippen LogP contribution in [0.5, 0.6) is 0 Å². The van der Waals surface area contributed by atoms with Crippen molar-refractivity contribution < 1.29 is 9.53 Å². The van der Waals surface area contributed by atoms with E-state index in [1.54, 1.807) is 25.3 Å². The predicted octanol–water partition coefficient (Wildman–Crippen LogP) is 1.23. The number of piperidine rings is 1. The lowest BCUT2D eigenvalue weighted by molar-refractivity contribution is 0.0499. The summed E-state index contributed by atoms with van der Waals surface area (Å²) in [4.78, 5) is 13.4. The number of hydrogen-bond donors (Lipinski definition) is 2. The molecule has 1 heterocycles. The Morgan fingerprint density at radius 2 is 2.21 bits per heavy atom. The number of nitrogens with zero attached hydrogens (tertiary/aromatic N) is 1. The molecule has 1 aliphatic heterocycles. The Morgan fingerprint density at radius 3 is 2.84 bits per heavy atom. The van der Waals surface area contributed by atoms with Crippen molar-refractivity contribution in [1.29, 1.82) is 0 Å². The molecule has 0 aliphatic carbocycles. The van der Waals surface area contributed by atoms with Gasteiger partial charge in [0.25, 0.3) is 0 Å². The van der Waals surface area contributed by atoms with E-state index in [0.29, 0.717) is 17.2 Å². The summed E-state index contributed by atoms with van der Waals surface area (Å²) in [6.07, 6.45) is 1.23. The number of ether oxygens (including phenoxy) is 1. The molecule has 1 aromatic rings. The van der Waals surface area contributed by atoms with Crippen molar-refractivity contribution in [1.82, 2.24) is 0 Å². The van der Waals surface area contributed by atoms with Gasteiger partial charge in [0.1, 0.15) is 0 Å². The predicted molar refractivity (Wildman–Crippen MR) is 76.2 cm³/mol. The summed E-state index contributed by atoms with van der Waals surface area (Å²) in [5, 5.41) is 0. The van der Waals surface area contributed by atoms with E-state index in [-0.39, 0.29) is 6.10 Å². The van der Waals surface area contributed by atoms with Gasteiger partial charge in [-0.3, -0.25) is 4.79 Å². The van der Waals surface area contributed by atoms with Crippen LogP contribution in [0.25, 0.3) is 0 Å². The van der Waals surface area contributed by atoms with Crippen LogP contribution in [0.4, 0.5) is 11.4 Å². The molecule has 1 aliphatic rings. The van der Waals surface area contributed by atoms with Gasteiger partial charge < -0.3 is 21.1 Å². The molecule has 1 saturated heterocycles. The molecule has 2 unspecified atom stereocenters. The number of carbonyl (C=O) groups excluding carboxylic acids is 1. The maximum atomic E-state index is 11.3. The highest BCUT2D eigenvalue weighted by Gasteiger charge is 2.27. The number of anilines is 2. The van der Waals surface area contributed by atoms with E-state index in [0.717, 1.165) is 25.2 Å². The van der Waals surface area contributed by atoms with Crippen LogP contribution in [0, 0.1) is 5.92 Å². The largest absolute Gasteiger partial charge is 0.397 e. The Balaban J connectivity index is 2.26. The van der Waals surface area contributed by atoms with Crippen LogP contribution < -0.4 is 16.4 Å². The normalized spacial score (nSPS) is 23.4. The number of methoxy groups -OCH3 is 1. The molecule has 0 spiro atoms. The lowest BCUT2D eigenvalue weighted by Gasteiger charge is -2.38. The zero-order chi connectivity index (χ0) is 14.0. The summed E-state index contributed by atoms with van der Waals surface area (Å²) in [6.45, 7) is 3.88. The highest BCUT2D eigenvalue weighted by molar-refractivity contribution is 5.95. The molecule has 1 amide bonds. The Labute approximate surface area is 113 Å². The average molecular weight is 263 g/mol. The quantitative estimate of drug-likeness (QED) is 0.804. The van der Waals surface area contributed by atoms with Gasteiger partial charge in [0.2, 0.25) is 5.91 Å². The molecule has 5 nitrogen and oxygen atoms in total. The van der Waals surface area contributed by atoms with E-state index in [9.17, 15) is 4.79 Å². The van der Waals surface area contributed by atoms with Gasteiger partial charge in [-0.05, 0) is 30.5 Å². The second-order valence-electron chi connectivity index (χ2n) is 5.12. The fraction of sp³-hybridized carbons (Fsp3) is 0.500. The fourth-order valence-electron chi connectivity index (χ4n) is 2.53. The molecule has 1 aromatic carbocycles. The first-order valence-electron chi connectivity index (χ1n) is 6.50. The zero-order valence-electron chi connectivity index (χ0n) is 11.4. The summed E-state index contributed by atoms with van der Waals surface area (Å²) < 4.78 is 5.50. The van der Waals surface area contributed by atoms with Crippen molar-refractivity contribution in [3.8, 4) is 0 Å². The number of hydrogen-bond acceptors (Lipinski definition) is 4. The van der Waals surface area contributed by atoms with E-state index in [1.807, 2.05) is 0 Å². The Bertz CT molecular complexity index is 476. The molecule has 0 radical (unpaired) electrons. The number of nitrogens with two attached hydrogens (primary N) is 2. The summed E-state index contributed by atoms with van der Waals surface area (Å²) in [6, 6.07) is 5.15. The van der Waals surface area contributed by atoms with Crippen molar-refractivity contribution in [3.63, 3.8) is 0 Å². The fourth-order valence-corrected chi connectivity index (χ4v) is 2.53. The topological polar surface area (TPSA) is 81.6 Å². The van der Waals surface area contributed by atoms with Crippen LogP contribution in [0.1, 0.15) is 23.7 Å². The second kappa shape index (κ2) is 5.48. The van der Waals surface area contributed by atoms with Gasteiger partial charge in [0.15, 0.2) is 0 Å². The second-order valence-corrected chi connectivity index (χ2v) is 5.12. The minimum atomic E-state index is -0.435. The lowest BCUT2D eigenvalue weighted by atomic mass is 9.95. The molecule has 1 fully saturated rings. The number of carbonyl (C=O) groups is 1. The number of nitrogen functional groups attached to an aromatic ring is 1. The number of primary amides is 1. The number of rotatable bonds is 3. The zero-order valence-corrected chi connectivity index (χ0v) is 11.4. The third-order valence-electron chi connectivity index (χ3n) is 3.85. The molecule has 0 aromatic heterocycles. The van der Waals surface area contributed by atoms with E-state index in [4.69, 9.17) is 16.2 Å². The van der Waals surface area contributed by atoms with Gasteiger partial charge in [0.05, 0.1) is 17.5 Å². The van der Waals surface area contributed by atoms with Gasteiger partial charge in [-0.15, -0.1) is 0 Å². The molecule has 2 rings (SSSR count). The van der Waals surface area contributed by atoms with Crippen LogP contribution in [0.15, 0.2) is 18.2 Å². The lowest BCUT2D eigenvalue weighted by Crippen LogP contribution is -2.44. The number of amides is 1. The van der Waals surface area contributed by atoms with Crippen molar-refractivity contribution in [2.24, 2.45) is 11.7 Å². The summed E-state index contributed by atoms with van der Waals surface area (Å²) in [7, 11) is 1.73. The van der Waals surface area contributed by atoms with Crippen molar-refractivity contribution in [2.75, 3.05) is 30.8 Å². The highest BCUT2D eigenvalue weighted by Crippen LogP contribution is 2.29. The Morgan fingerprint density at radius 1 is 1.47 bits per heavy atom. The summed E-state index contributed by atoms with van der Waals surface area (Å²) in [5.74, 6) is 0.0942. The van der Waals surface area contributed by atoms with Crippen molar-refractivity contribution >= 4 is 17.3 Å². The SMILES string of the molecule is COC1CN(c2cc(C(N)=O)ccc2N)CCC1C. The standard InChI is InChI=1S/C14H21N3O2/c1-9-5-6-17(8-13(9)19-2)12-7-10(14(16)18)3-4-11(12)15/h3-4,7,9,13H,5-6,8,15H2,1-2H3,(H2,16,18). The Kier molecular flexibility index (Phi) is 3.95. The van der Waals surface area contributed by atoms with Gasteiger partial charge in [-0.25, -0.2) is 0 Å². The summed E-state index contributed by atoms with van der Waals surface area (Å²) >= 11 is 0. The van der Waals surface area contributed by atoms with Gasteiger partial charge in [-0.1, -0.05) is 6.92 Å². The van der Waals surface area contributed by atoms with Crippen LogP contribution >= 0.6 is 0 Å². The van der Waals surface area contributed by atoms with Crippen LogP contribution in [0.2, 0.25) is 0 Å². The first kappa shape index (κ1) is 13.7. The monoisotopic (exact) mass is 263 g/mol. The smallest absolute Gasteiger partial charge is 0.248 e. The number of benzene rings is 1. The molecule has 5 heteroatoms. The van der Waals surface area contributed by atoms with Crippen LogP contribution in [0.3, 0.4) is 0 Å². The van der Waals surface area contributed by atoms with Gasteiger partial charge in [-0.2, -0.15) is 0 Å². The van der Waals surface area contributed by atoms with E-state index in [1.165, 1.54) is 0 Å². The van der Waals surface area contributed by atoms with E-state index in [2.05, 4.69) is 11.8 Å². The van der Waals surface area contributed by atoms with Crippen molar-refractivity contribution in [3.05, 3.63) is 23.8 Å². The molecular weight excluding hydrogens is 242 g/mol. The molecular formula is C14H21N3O2. The first-order chi connectivity index (χ1) is 9.02. The third kappa shape index (κ3) is 2.81. The van der Waals surface area contributed by atoms with E-state index >= 15 is 0 Å². The van der Waals surface area contributed by atoms with Crippen LogP contribution in [-0.4, -0.2) is 32.2 Å². The van der Waals surface area contributed by atoms with Gasteiger partial charge >= 0.3 is 0 Å². The van der Waals surface area contributed by atoms with Crippen LogP contribution in [-0.2, 0) is 4.74 Å². The third-order valence-corrected chi connectivity index (χ3v) is 3.85. The molecule has 4 N–H and O–H groups in total. The Hall–Kier alpha value is -1.75. The van der Waals surface area contributed by atoms with Gasteiger partial charge in [0, 0.05) is 25.8 Å². The summed E-state index contributed by atoms with van der Waals surface area (Å²) in [5.41, 5.74) is 13.3. The minimum Gasteiger partial charge on any atom is -0.397 e. The highest BCUT2D eigenvalue weighted by atomic mass is 16.5. The maximum Gasteiger partial charge on any atom is 0.248 e.